The minimum atomic E-state index is 0.297. The van der Waals surface area contributed by atoms with E-state index in [4.69, 9.17) is 38.2 Å². The molecule has 0 spiro atoms. The summed E-state index contributed by atoms with van der Waals surface area (Å²) in [5, 5.41) is 9.83. The Kier molecular flexibility index (Phi) is 5.06. The van der Waals surface area contributed by atoms with Gasteiger partial charge in [-0.1, -0.05) is 54.6 Å². The third-order valence-electron chi connectivity index (χ3n) is 7.60. The number of imidazole rings is 1. The first-order valence-corrected chi connectivity index (χ1v) is 15.5. The Labute approximate surface area is 260 Å². The van der Waals surface area contributed by atoms with E-state index in [1.165, 1.54) is 22.9 Å². The zero-order valence-corrected chi connectivity index (χ0v) is 24.5. The SMILES string of the molecule is c1ccc2oc(-n3c(-c4nsc5ccccc45)nc4nc(-c5nc6ccccc6s5)nc-4c3-c3cccc4onnc34)nc2c1. The summed E-state index contributed by atoms with van der Waals surface area (Å²) in [5.41, 5.74) is 5.77. The second kappa shape index (κ2) is 9.29. The highest BCUT2D eigenvalue weighted by Gasteiger charge is 2.31. The number of benzene rings is 4. The van der Waals surface area contributed by atoms with E-state index in [9.17, 15) is 0 Å². The Balaban J connectivity index is 1.37. The number of hydrogen-bond donors (Lipinski definition) is 0. The molecular weight excluding hydrogens is 607 g/mol. The summed E-state index contributed by atoms with van der Waals surface area (Å²) < 4.78 is 20.7. The summed E-state index contributed by atoms with van der Waals surface area (Å²) in [6.07, 6.45) is 0. The smallest absolute Gasteiger partial charge is 0.309 e. The van der Waals surface area contributed by atoms with Gasteiger partial charge in [-0.2, -0.15) is 9.36 Å². The van der Waals surface area contributed by atoms with E-state index in [2.05, 4.69) is 10.4 Å². The van der Waals surface area contributed by atoms with Crippen LogP contribution in [0.25, 0.3) is 93.6 Å². The molecule has 4 aromatic heterocycles. The highest BCUT2D eigenvalue weighted by molar-refractivity contribution is 7.21. The number of nitrogens with zero attached hydrogens (tertiary/aromatic N) is 9. The van der Waals surface area contributed by atoms with Crippen molar-refractivity contribution in [2.45, 2.75) is 0 Å². The number of rotatable bonds is 4. The van der Waals surface area contributed by atoms with Crippen molar-refractivity contribution in [3.05, 3.63) is 91.0 Å². The van der Waals surface area contributed by atoms with E-state index < -0.39 is 0 Å². The summed E-state index contributed by atoms with van der Waals surface area (Å²) in [4.78, 5) is 24.8. The van der Waals surface area contributed by atoms with Crippen molar-refractivity contribution in [3.63, 3.8) is 0 Å². The van der Waals surface area contributed by atoms with Gasteiger partial charge in [-0.15, -0.1) is 16.4 Å². The molecule has 0 fully saturated rings. The number of thiazole rings is 1. The largest absolute Gasteiger partial charge is 0.423 e. The number of para-hydroxylation sites is 3. The van der Waals surface area contributed by atoms with Gasteiger partial charge in [0.05, 0.1) is 20.6 Å². The second-order valence-electron chi connectivity index (χ2n) is 10.2. The first-order chi connectivity index (χ1) is 22.3. The van der Waals surface area contributed by atoms with Gasteiger partial charge in [0.1, 0.15) is 22.4 Å². The normalized spacial score (nSPS) is 12.0. The molecule has 11 nitrogen and oxygen atoms in total. The van der Waals surface area contributed by atoms with Gasteiger partial charge in [0.15, 0.2) is 33.6 Å². The lowest BCUT2D eigenvalue weighted by Crippen LogP contribution is -2.11. The van der Waals surface area contributed by atoms with Gasteiger partial charge in [0, 0.05) is 16.2 Å². The Morgan fingerprint density at radius 2 is 1.47 bits per heavy atom. The summed E-state index contributed by atoms with van der Waals surface area (Å²) >= 11 is 2.93. The topological polar surface area (TPSA) is 134 Å². The number of hydrogen-bond acceptors (Lipinski definition) is 12. The maximum atomic E-state index is 6.41. The van der Waals surface area contributed by atoms with Gasteiger partial charge in [-0.3, -0.25) is 0 Å². The molecular formula is C32H15N9O2S2. The Bertz CT molecular complexity index is 2630. The fourth-order valence-corrected chi connectivity index (χ4v) is 7.26. The predicted molar refractivity (Wildman–Crippen MR) is 171 cm³/mol. The molecule has 0 bridgehead atoms. The lowest BCUT2D eigenvalue weighted by atomic mass is 10.1. The van der Waals surface area contributed by atoms with E-state index in [1.807, 2.05) is 95.6 Å². The summed E-state index contributed by atoms with van der Waals surface area (Å²) in [5.74, 6) is 1.38. The fourth-order valence-electron chi connectivity index (χ4n) is 5.59. The minimum absolute atomic E-state index is 0.297. The Morgan fingerprint density at radius 1 is 0.644 bits per heavy atom. The van der Waals surface area contributed by atoms with Crippen LogP contribution in [0.4, 0.5) is 0 Å². The van der Waals surface area contributed by atoms with Crippen LogP contribution in [0.5, 0.6) is 0 Å². The summed E-state index contributed by atoms with van der Waals surface area (Å²) in [6, 6.07) is 29.6. The van der Waals surface area contributed by atoms with Gasteiger partial charge in [0.25, 0.3) is 0 Å². The van der Waals surface area contributed by atoms with Crippen molar-refractivity contribution in [2.24, 2.45) is 0 Å². The first kappa shape index (κ1) is 24.5. The third kappa shape index (κ3) is 3.68. The van der Waals surface area contributed by atoms with Crippen molar-refractivity contribution < 1.29 is 8.94 Å². The van der Waals surface area contributed by atoms with E-state index in [1.54, 1.807) is 0 Å². The highest BCUT2D eigenvalue weighted by Crippen LogP contribution is 2.43. The lowest BCUT2D eigenvalue weighted by Gasteiger charge is -2.17. The van der Waals surface area contributed by atoms with Crippen molar-refractivity contribution in [3.8, 4) is 51.1 Å². The molecule has 0 radical (unpaired) electrons. The van der Waals surface area contributed by atoms with E-state index >= 15 is 0 Å². The molecule has 10 rings (SSSR count). The van der Waals surface area contributed by atoms with Crippen LogP contribution in [0, 0.1) is 0 Å². The van der Waals surface area contributed by atoms with Crippen LogP contribution < -0.4 is 0 Å². The molecule has 0 aliphatic carbocycles. The molecule has 45 heavy (non-hydrogen) atoms. The zero-order chi connectivity index (χ0) is 29.5. The van der Waals surface area contributed by atoms with Gasteiger partial charge in [-0.05, 0) is 47.9 Å². The maximum absolute atomic E-state index is 6.41. The van der Waals surface area contributed by atoms with Crippen LogP contribution in [-0.2, 0) is 0 Å². The van der Waals surface area contributed by atoms with Crippen molar-refractivity contribution >= 4 is 65.4 Å². The van der Waals surface area contributed by atoms with Crippen molar-refractivity contribution in [1.82, 2.24) is 44.2 Å². The Morgan fingerprint density at radius 3 is 2.38 bits per heavy atom. The van der Waals surface area contributed by atoms with Gasteiger partial charge >= 0.3 is 6.01 Å². The van der Waals surface area contributed by atoms with Crippen LogP contribution in [0.15, 0.2) is 99.9 Å². The van der Waals surface area contributed by atoms with E-state index in [-0.39, 0.29) is 0 Å². The molecule has 4 aromatic carbocycles. The molecule has 0 amide bonds. The van der Waals surface area contributed by atoms with E-state index in [0.29, 0.717) is 73.3 Å². The number of fused-ring (bicyclic) bond motifs is 5. The molecule has 2 aliphatic rings. The molecule has 0 atom stereocenters. The van der Waals surface area contributed by atoms with Gasteiger partial charge < -0.3 is 8.94 Å². The molecule has 8 aromatic rings. The van der Waals surface area contributed by atoms with Gasteiger partial charge in [-0.25, -0.2) is 24.5 Å². The number of oxazole rings is 1. The van der Waals surface area contributed by atoms with Crippen LogP contribution in [-0.4, -0.2) is 44.2 Å². The average Bonchev–Trinajstić information content (AvgIpc) is 3.91. The predicted octanol–water partition coefficient (Wildman–Crippen LogP) is 7.66. The lowest BCUT2D eigenvalue weighted by molar-refractivity contribution is 0.424. The molecule has 0 saturated carbocycles. The quantitative estimate of drug-likeness (QED) is 0.193. The number of aromatic nitrogens is 9. The van der Waals surface area contributed by atoms with Crippen LogP contribution >= 0.6 is 22.9 Å². The summed E-state index contributed by atoms with van der Waals surface area (Å²) in [7, 11) is 0. The monoisotopic (exact) mass is 621 g/mol. The first-order valence-electron chi connectivity index (χ1n) is 13.9. The molecule has 13 heteroatoms. The molecule has 0 N–H and O–H groups in total. The third-order valence-corrected chi connectivity index (χ3v) is 9.45. The molecule has 0 unspecified atom stereocenters. The average molecular weight is 622 g/mol. The molecule has 2 aliphatic heterocycles. The molecule has 0 saturated heterocycles. The Hall–Kier alpha value is -5.92. The minimum Gasteiger partial charge on any atom is -0.423 e. The van der Waals surface area contributed by atoms with E-state index in [0.717, 1.165) is 20.3 Å². The maximum Gasteiger partial charge on any atom is 0.309 e. The molecule has 212 valence electrons. The fraction of sp³-hybridized carbons (Fsp3) is 0. The summed E-state index contributed by atoms with van der Waals surface area (Å²) in [6.45, 7) is 0. The van der Waals surface area contributed by atoms with Gasteiger partial charge in [0.2, 0.25) is 0 Å². The van der Waals surface area contributed by atoms with Crippen molar-refractivity contribution in [1.29, 1.82) is 0 Å². The standard InChI is InChI=1S/C32H15N9O2S2/c1-5-14-22-16(8-1)25(39-45-22)30-37-28-26(35-29(36-28)31-33-19-11-3-6-15-23(19)44-31)27(17-9-7-13-21-24(17)38-40-43-21)41(30)32-34-18-10-2-4-12-20(18)42-32/h1-15H. The zero-order valence-electron chi connectivity index (χ0n) is 22.8. The van der Waals surface area contributed by atoms with Crippen LogP contribution in [0.3, 0.4) is 0 Å². The molecule has 6 heterocycles. The van der Waals surface area contributed by atoms with Crippen molar-refractivity contribution in [2.75, 3.05) is 0 Å². The second-order valence-corrected chi connectivity index (χ2v) is 12.1. The van der Waals surface area contributed by atoms with Crippen LogP contribution in [0.2, 0.25) is 0 Å². The highest BCUT2D eigenvalue weighted by atomic mass is 32.1. The van der Waals surface area contributed by atoms with Crippen LogP contribution in [0.1, 0.15) is 0 Å².